The quantitative estimate of drug-likeness (QED) is 0.171. The molecule has 0 saturated heterocycles. The first-order valence-electron chi connectivity index (χ1n) is 13.3. The Bertz CT molecular complexity index is 1230. The standard InChI is InChI=1S/C33H36F2O/c1-2-3-4-5-6-23-36-31-20-12-25(13-21-31)7-8-27-14-22-32-29(24-27)17-16-28(33(32)35)15-9-26-10-18-30(34)19-11-26/h10-14,16-22,24H,2-9,15,23H2,1H3. The van der Waals surface area contributed by atoms with E-state index in [1.807, 2.05) is 24.3 Å². The van der Waals surface area contributed by atoms with Gasteiger partial charge in [0.15, 0.2) is 0 Å². The highest BCUT2D eigenvalue weighted by Gasteiger charge is 2.09. The van der Waals surface area contributed by atoms with E-state index in [9.17, 15) is 4.39 Å². The van der Waals surface area contributed by atoms with Gasteiger partial charge in [-0.3, -0.25) is 0 Å². The number of ether oxygens (including phenoxy) is 1. The van der Waals surface area contributed by atoms with E-state index >= 15 is 4.39 Å². The molecule has 0 aliphatic rings. The van der Waals surface area contributed by atoms with Gasteiger partial charge in [0.1, 0.15) is 17.4 Å². The second-order valence-corrected chi connectivity index (χ2v) is 9.63. The minimum Gasteiger partial charge on any atom is -0.494 e. The van der Waals surface area contributed by atoms with Crippen molar-refractivity contribution in [3.63, 3.8) is 0 Å². The molecule has 0 bridgehead atoms. The van der Waals surface area contributed by atoms with Gasteiger partial charge in [0.05, 0.1) is 6.61 Å². The van der Waals surface area contributed by atoms with E-state index < -0.39 is 0 Å². The summed E-state index contributed by atoms with van der Waals surface area (Å²) in [5, 5.41) is 1.59. The molecule has 4 rings (SSSR count). The van der Waals surface area contributed by atoms with Crippen LogP contribution in [-0.2, 0) is 25.7 Å². The maximum Gasteiger partial charge on any atom is 0.134 e. The van der Waals surface area contributed by atoms with Gasteiger partial charge in [0.2, 0.25) is 0 Å². The first-order chi connectivity index (χ1) is 17.6. The molecule has 0 aliphatic carbocycles. The Morgan fingerprint density at radius 1 is 0.611 bits per heavy atom. The third kappa shape index (κ3) is 7.40. The van der Waals surface area contributed by atoms with Crippen LogP contribution in [0.3, 0.4) is 0 Å². The largest absolute Gasteiger partial charge is 0.494 e. The number of halogens is 2. The van der Waals surface area contributed by atoms with Gasteiger partial charge in [-0.15, -0.1) is 0 Å². The van der Waals surface area contributed by atoms with Crippen molar-refractivity contribution in [1.82, 2.24) is 0 Å². The molecule has 0 radical (unpaired) electrons. The summed E-state index contributed by atoms with van der Waals surface area (Å²) in [5.41, 5.74) is 4.18. The van der Waals surface area contributed by atoms with Gasteiger partial charge in [0.25, 0.3) is 0 Å². The van der Waals surface area contributed by atoms with Gasteiger partial charge in [-0.1, -0.05) is 87.2 Å². The average molecular weight is 487 g/mol. The third-order valence-corrected chi connectivity index (χ3v) is 6.84. The molecule has 0 fully saturated rings. The molecule has 1 nitrogen and oxygen atoms in total. The van der Waals surface area contributed by atoms with Crippen LogP contribution in [0.5, 0.6) is 5.75 Å². The van der Waals surface area contributed by atoms with Crippen molar-refractivity contribution < 1.29 is 13.5 Å². The highest BCUT2D eigenvalue weighted by Crippen LogP contribution is 2.25. The fourth-order valence-corrected chi connectivity index (χ4v) is 4.60. The molecule has 4 aromatic carbocycles. The third-order valence-electron chi connectivity index (χ3n) is 6.84. The lowest BCUT2D eigenvalue weighted by Crippen LogP contribution is -1.98. The van der Waals surface area contributed by atoms with E-state index in [1.54, 1.807) is 12.1 Å². The summed E-state index contributed by atoms with van der Waals surface area (Å²) in [4.78, 5) is 0. The molecule has 0 saturated carbocycles. The number of unbranched alkanes of at least 4 members (excludes halogenated alkanes) is 4. The van der Waals surface area contributed by atoms with Crippen molar-refractivity contribution >= 4 is 10.8 Å². The van der Waals surface area contributed by atoms with Crippen LogP contribution >= 0.6 is 0 Å². The highest BCUT2D eigenvalue weighted by molar-refractivity contribution is 5.84. The van der Waals surface area contributed by atoms with E-state index in [-0.39, 0.29) is 11.6 Å². The van der Waals surface area contributed by atoms with E-state index in [4.69, 9.17) is 4.74 Å². The minimum atomic E-state index is -0.249. The number of hydrogen-bond donors (Lipinski definition) is 0. The lowest BCUT2D eigenvalue weighted by Gasteiger charge is -2.10. The van der Waals surface area contributed by atoms with Gasteiger partial charge >= 0.3 is 0 Å². The molecule has 0 amide bonds. The zero-order chi connectivity index (χ0) is 25.2. The van der Waals surface area contributed by atoms with E-state index in [2.05, 4.69) is 37.3 Å². The Kier molecular flexibility index (Phi) is 9.49. The highest BCUT2D eigenvalue weighted by atomic mass is 19.1. The molecular formula is C33H36F2O. The van der Waals surface area contributed by atoms with Crippen molar-refractivity contribution in [2.75, 3.05) is 6.61 Å². The number of benzene rings is 4. The van der Waals surface area contributed by atoms with Crippen molar-refractivity contribution in [3.8, 4) is 5.75 Å². The summed E-state index contributed by atoms with van der Waals surface area (Å²) in [6.07, 6.45) is 9.32. The smallest absolute Gasteiger partial charge is 0.134 e. The van der Waals surface area contributed by atoms with Crippen molar-refractivity contribution in [2.24, 2.45) is 0 Å². The van der Waals surface area contributed by atoms with Crippen molar-refractivity contribution in [3.05, 3.63) is 113 Å². The van der Waals surface area contributed by atoms with Gasteiger partial charge in [0, 0.05) is 5.39 Å². The Morgan fingerprint density at radius 2 is 1.25 bits per heavy atom. The van der Waals surface area contributed by atoms with Crippen LogP contribution < -0.4 is 4.74 Å². The molecule has 0 aromatic heterocycles. The number of aryl methyl sites for hydroxylation is 4. The second-order valence-electron chi connectivity index (χ2n) is 9.63. The molecule has 0 atom stereocenters. The van der Waals surface area contributed by atoms with Crippen LogP contribution in [0.15, 0.2) is 78.9 Å². The predicted molar refractivity (Wildman–Crippen MR) is 146 cm³/mol. The van der Waals surface area contributed by atoms with Gasteiger partial charge < -0.3 is 4.74 Å². The van der Waals surface area contributed by atoms with E-state index in [0.717, 1.165) is 42.6 Å². The summed E-state index contributed by atoms with van der Waals surface area (Å²) >= 11 is 0. The minimum absolute atomic E-state index is 0.151. The first kappa shape index (κ1) is 25.9. The van der Waals surface area contributed by atoms with Crippen LogP contribution in [0.1, 0.15) is 61.3 Å². The van der Waals surface area contributed by atoms with Crippen LogP contribution in [0.2, 0.25) is 0 Å². The number of fused-ring (bicyclic) bond motifs is 1. The molecule has 0 heterocycles. The van der Waals surface area contributed by atoms with E-state index in [1.165, 1.54) is 48.9 Å². The average Bonchev–Trinajstić information content (AvgIpc) is 2.90. The van der Waals surface area contributed by atoms with E-state index in [0.29, 0.717) is 23.8 Å². The Hall–Kier alpha value is -3.20. The van der Waals surface area contributed by atoms with Crippen molar-refractivity contribution in [2.45, 2.75) is 64.7 Å². The first-order valence-corrected chi connectivity index (χ1v) is 13.3. The SMILES string of the molecule is CCCCCCCOc1ccc(CCc2ccc3c(F)c(CCc4ccc(F)cc4)ccc3c2)cc1. The fourth-order valence-electron chi connectivity index (χ4n) is 4.60. The molecule has 0 aliphatic heterocycles. The molecule has 36 heavy (non-hydrogen) atoms. The van der Waals surface area contributed by atoms with Gasteiger partial charge in [-0.05, 0) is 84.0 Å². The van der Waals surface area contributed by atoms with Gasteiger partial charge in [-0.2, -0.15) is 0 Å². The summed E-state index contributed by atoms with van der Waals surface area (Å²) < 4.78 is 34.1. The fraction of sp³-hybridized carbons (Fsp3) is 0.333. The Balaban J connectivity index is 1.29. The van der Waals surface area contributed by atoms with Crippen LogP contribution in [0, 0.1) is 11.6 Å². The molecule has 188 valence electrons. The normalized spacial score (nSPS) is 11.2. The lowest BCUT2D eigenvalue weighted by atomic mass is 9.97. The Labute approximate surface area is 214 Å². The summed E-state index contributed by atoms with van der Waals surface area (Å²) in [6, 6.07) is 24.7. The molecule has 4 aromatic rings. The van der Waals surface area contributed by atoms with Crippen LogP contribution in [0.25, 0.3) is 10.8 Å². The number of rotatable bonds is 13. The second kappa shape index (κ2) is 13.2. The monoisotopic (exact) mass is 486 g/mol. The Morgan fingerprint density at radius 3 is 2.00 bits per heavy atom. The van der Waals surface area contributed by atoms with Crippen LogP contribution in [-0.4, -0.2) is 6.61 Å². The maximum absolute atomic E-state index is 15.2. The lowest BCUT2D eigenvalue weighted by molar-refractivity contribution is 0.304. The zero-order valence-electron chi connectivity index (χ0n) is 21.2. The van der Waals surface area contributed by atoms with Crippen molar-refractivity contribution in [1.29, 1.82) is 0 Å². The predicted octanol–water partition coefficient (Wildman–Crippen LogP) is 9.04. The number of hydrogen-bond acceptors (Lipinski definition) is 1. The van der Waals surface area contributed by atoms with Gasteiger partial charge in [-0.25, -0.2) is 8.78 Å². The summed E-state index contributed by atoms with van der Waals surface area (Å²) in [7, 11) is 0. The molecule has 3 heteroatoms. The van der Waals surface area contributed by atoms with Crippen LogP contribution in [0.4, 0.5) is 8.78 Å². The maximum atomic E-state index is 15.2. The summed E-state index contributed by atoms with van der Waals surface area (Å²) in [5.74, 6) is 0.536. The summed E-state index contributed by atoms with van der Waals surface area (Å²) in [6.45, 7) is 3.01. The molecule has 0 N–H and O–H groups in total. The molecule has 0 unspecified atom stereocenters. The molecular weight excluding hydrogens is 450 g/mol. The molecule has 0 spiro atoms. The topological polar surface area (TPSA) is 9.23 Å². The zero-order valence-corrected chi connectivity index (χ0v) is 21.2.